The van der Waals surface area contributed by atoms with Crippen molar-refractivity contribution in [1.29, 1.82) is 0 Å². The van der Waals surface area contributed by atoms with Crippen molar-refractivity contribution in [2.45, 2.75) is 32.2 Å². The molecular weight excluding hydrogens is 190 g/mol. The van der Waals surface area contributed by atoms with Crippen LogP contribution >= 0.6 is 12.2 Å². The van der Waals surface area contributed by atoms with E-state index in [-0.39, 0.29) is 5.54 Å². The van der Waals surface area contributed by atoms with Crippen molar-refractivity contribution < 1.29 is 0 Å². The van der Waals surface area contributed by atoms with E-state index in [2.05, 4.69) is 60.5 Å². The Morgan fingerprint density at radius 2 is 1.93 bits per heavy atom. The molecule has 0 unspecified atom stereocenters. The summed E-state index contributed by atoms with van der Waals surface area (Å²) in [5.41, 5.74) is 1.26. The fraction of sp³-hybridized carbons (Fsp3) is 0.417. The van der Waals surface area contributed by atoms with E-state index in [1.165, 1.54) is 5.56 Å². The average molecular weight is 205 g/mol. The summed E-state index contributed by atoms with van der Waals surface area (Å²) in [7, 11) is 0. The van der Waals surface area contributed by atoms with Crippen molar-refractivity contribution in [3.8, 4) is 0 Å². The molecule has 1 aromatic carbocycles. The predicted molar refractivity (Wildman–Crippen MR) is 63.9 cm³/mol. The lowest BCUT2D eigenvalue weighted by atomic mass is 9.96. The number of isothiocyanates is 1. The summed E-state index contributed by atoms with van der Waals surface area (Å²) in [4.78, 5) is 4.14. The number of benzene rings is 1. The molecule has 0 saturated heterocycles. The van der Waals surface area contributed by atoms with Gasteiger partial charge in [0.1, 0.15) is 0 Å². The molecule has 0 aliphatic heterocycles. The Morgan fingerprint density at radius 1 is 1.29 bits per heavy atom. The molecule has 0 aliphatic rings. The van der Waals surface area contributed by atoms with Gasteiger partial charge < -0.3 is 0 Å². The van der Waals surface area contributed by atoms with Gasteiger partial charge in [-0.25, -0.2) is 4.99 Å². The van der Waals surface area contributed by atoms with Crippen molar-refractivity contribution in [3.05, 3.63) is 35.9 Å². The number of hydrogen-bond donors (Lipinski definition) is 0. The average Bonchev–Trinajstić information content (AvgIpc) is 2.17. The smallest absolute Gasteiger partial charge is 0.0658 e. The van der Waals surface area contributed by atoms with Crippen molar-refractivity contribution >= 4 is 17.4 Å². The number of nitrogens with zero attached hydrogens (tertiary/aromatic N) is 1. The molecule has 0 fully saturated rings. The topological polar surface area (TPSA) is 12.4 Å². The zero-order valence-corrected chi connectivity index (χ0v) is 9.47. The minimum absolute atomic E-state index is 0.0857. The van der Waals surface area contributed by atoms with E-state index in [1.807, 2.05) is 6.07 Å². The summed E-state index contributed by atoms with van der Waals surface area (Å²) in [5.74, 6) is 0. The fourth-order valence-electron chi connectivity index (χ4n) is 1.27. The molecule has 1 aromatic rings. The van der Waals surface area contributed by atoms with Crippen LogP contribution in [0.2, 0.25) is 0 Å². The van der Waals surface area contributed by atoms with Crippen LogP contribution in [-0.4, -0.2) is 10.7 Å². The minimum Gasteiger partial charge on any atom is -0.226 e. The highest BCUT2D eigenvalue weighted by Gasteiger charge is 2.14. The maximum Gasteiger partial charge on any atom is 0.0658 e. The van der Waals surface area contributed by atoms with Crippen molar-refractivity contribution in [1.82, 2.24) is 0 Å². The van der Waals surface area contributed by atoms with Crippen LogP contribution in [0.1, 0.15) is 25.8 Å². The second-order valence-electron chi connectivity index (χ2n) is 4.00. The Labute approximate surface area is 90.9 Å². The third kappa shape index (κ3) is 3.82. The van der Waals surface area contributed by atoms with E-state index in [0.29, 0.717) is 0 Å². The first-order chi connectivity index (χ1) is 6.64. The SMILES string of the molecule is CC(C)(CCc1ccccc1)N=C=S. The van der Waals surface area contributed by atoms with Gasteiger partial charge in [0.05, 0.1) is 10.7 Å². The van der Waals surface area contributed by atoms with E-state index < -0.39 is 0 Å². The number of rotatable bonds is 4. The van der Waals surface area contributed by atoms with Crippen LogP contribution in [-0.2, 0) is 6.42 Å². The van der Waals surface area contributed by atoms with Gasteiger partial charge >= 0.3 is 0 Å². The van der Waals surface area contributed by atoms with Gasteiger partial charge in [-0.05, 0) is 44.5 Å². The van der Waals surface area contributed by atoms with E-state index in [4.69, 9.17) is 0 Å². The van der Waals surface area contributed by atoms with Gasteiger partial charge in [-0.1, -0.05) is 30.3 Å². The molecule has 1 nitrogen and oxygen atoms in total. The van der Waals surface area contributed by atoms with Crippen LogP contribution in [0.3, 0.4) is 0 Å². The van der Waals surface area contributed by atoms with Crippen molar-refractivity contribution in [2.75, 3.05) is 0 Å². The molecule has 0 heterocycles. The molecule has 1 rings (SSSR count). The van der Waals surface area contributed by atoms with Gasteiger partial charge in [-0.15, -0.1) is 0 Å². The number of hydrogen-bond acceptors (Lipinski definition) is 2. The standard InChI is InChI=1S/C12H15NS/c1-12(2,13-10-14)9-8-11-6-4-3-5-7-11/h3-7H,8-9H2,1-2H3. The molecule has 0 radical (unpaired) electrons. The predicted octanol–water partition coefficient (Wildman–Crippen LogP) is 3.50. The molecule has 0 amide bonds. The van der Waals surface area contributed by atoms with E-state index in [0.717, 1.165) is 12.8 Å². The maximum absolute atomic E-state index is 4.61. The molecule has 0 N–H and O–H groups in total. The van der Waals surface area contributed by atoms with Crippen LogP contribution in [0.5, 0.6) is 0 Å². The van der Waals surface area contributed by atoms with Gasteiger partial charge in [0.15, 0.2) is 0 Å². The molecule has 0 aromatic heterocycles. The zero-order chi connectivity index (χ0) is 10.4. The fourth-order valence-corrected chi connectivity index (χ4v) is 1.52. The van der Waals surface area contributed by atoms with Gasteiger partial charge in [0.2, 0.25) is 0 Å². The first kappa shape index (κ1) is 11.1. The summed E-state index contributed by atoms with van der Waals surface area (Å²) >= 11 is 4.61. The number of aryl methyl sites for hydroxylation is 1. The van der Waals surface area contributed by atoms with Crippen molar-refractivity contribution in [3.63, 3.8) is 0 Å². The van der Waals surface area contributed by atoms with Gasteiger partial charge in [0, 0.05) is 0 Å². The molecule has 0 aliphatic carbocycles. The van der Waals surface area contributed by atoms with Crippen LogP contribution in [0.25, 0.3) is 0 Å². The Bertz CT molecular complexity index is 323. The second-order valence-corrected chi connectivity index (χ2v) is 4.18. The van der Waals surface area contributed by atoms with Crippen LogP contribution in [0, 0.1) is 0 Å². The first-order valence-electron chi connectivity index (χ1n) is 4.77. The normalized spacial score (nSPS) is 10.7. The maximum atomic E-state index is 4.61. The molecule has 74 valence electrons. The third-order valence-electron chi connectivity index (χ3n) is 2.22. The highest BCUT2D eigenvalue weighted by atomic mass is 32.1. The van der Waals surface area contributed by atoms with Gasteiger partial charge in [-0.3, -0.25) is 0 Å². The van der Waals surface area contributed by atoms with Crippen molar-refractivity contribution in [2.24, 2.45) is 4.99 Å². The summed E-state index contributed by atoms with van der Waals surface area (Å²) in [6.07, 6.45) is 2.04. The second kappa shape index (κ2) is 5.04. The van der Waals surface area contributed by atoms with E-state index >= 15 is 0 Å². The van der Waals surface area contributed by atoms with Crippen LogP contribution in [0.15, 0.2) is 35.3 Å². The molecule has 14 heavy (non-hydrogen) atoms. The Hall–Kier alpha value is -0.980. The summed E-state index contributed by atoms with van der Waals surface area (Å²) in [6, 6.07) is 10.4. The summed E-state index contributed by atoms with van der Waals surface area (Å²) < 4.78 is 0. The zero-order valence-electron chi connectivity index (χ0n) is 8.66. The molecule has 0 spiro atoms. The summed E-state index contributed by atoms with van der Waals surface area (Å²) in [5, 5.41) is 2.45. The number of aliphatic imine (C=N–C) groups is 1. The molecule has 0 saturated carbocycles. The number of thiocarbonyl (C=S) groups is 1. The third-order valence-corrected chi connectivity index (χ3v) is 2.31. The summed E-state index contributed by atoms with van der Waals surface area (Å²) in [6.45, 7) is 4.16. The lowest BCUT2D eigenvalue weighted by Gasteiger charge is -2.17. The molecule has 2 heteroatoms. The minimum atomic E-state index is -0.0857. The largest absolute Gasteiger partial charge is 0.226 e. The lowest BCUT2D eigenvalue weighted by Crippen LogP contribution is -2.16. The Balaban J connectivity index is 2.53. The first-order valence-corrected chi connectivity index (χ1v) is 5.18. The molecule has 0 atom stereocenters. The Kier molecular flexibility index (Phi) is 3.99. The highest BCUT2D eigenvalue weighted by molar-refractivity contribution is 7.78. The Morgan fingerprint density at radius 3 is 2.50 bits per heavy atom. The highest BCUT2D eigenvalue weighted by Crippen LogP contribution is 2.16. The van der Waals surface area contributed by atoms with Crippen LogP contribution in [0.4, 0.5) is 0 Å². The lowest BCUT2D eigenvalue weighted by molar-refractivity contribution is 0.483. The van der Waals surface area contributed by atoms with Gasteiger partial charge in [0.25, 0.3) is 0 Å². The van der Waals surface area contributed by atoms with E-state index in [1.54, 1.807) is 0 Å². The van der Waals surface area contributed by atoms with E-state index in [9.17, 15) is 0 Å². The van der Waals surface area contributed by atoms with Crippen LogP contribution < -0.4 is 0 Å². The quantitative estimate of drug-likeness (QED) is 0.541. The van der Waals surface area contributed by atoms with Gasteiger partial charge in [-0.2, -0.15) is 0 Å². The molecule has 0 bridgehead atoms. The molecular formula is C12H15NS. The monoisotopic (exact) mass is 205 g/mol.